The molecule has 0 unspecified atom stereocenters. The van der Waals surface area contributed by atoms with Crippen LogP contribution in [0, 0.1) is 29.1 Å². The average Bonchev–Trinajstić information content (AvgIpc) is 2.58. The number of hydrogen-bond donors (Lipinski definition) is 0. The molecule has 7 heteroatoms. The van der Waals surface area contributed by atoms with Crippen molar-refractivity contribution in [3.63, 3.8) is 0 Å². The predicted octanol–water partition coefficient (Wildman–Crippen LogP) is 4.68. The van der Waals surface area contributed by atoms with E-state index < -0.39 is 34.8 Å². The van der Waals surface area contributed by atoms with E-state index in [1.807, 2.05) is 0 Å². The summed E-state index contributed by atoms with van der Waals surface area (Å²) in [5.41, 5.74) is -0.108. The summed E-state index contributed by atoms with van der Waals surface area (Å²) in [4.78, 5) is 7.50. The summed E-state index contributed by atoms with van der Waals surface area (Å²) in [6.45, 7) is 0. The van der Waals surface area contributed by atoms with Crippen LogP contribution in [-0.4, -0.2) is 11.2 Å². The van der Waals surface area contributed by atoms with Crippen molar-refractivity contribution in [2.75, 3.05) is 0 Å². The van der Waals surface area contributed by atoms with Crippen molar-refractivity contribution in [1.82, 2.24) is 4.98 Å². The van der Waals surface area contributed by atoms with E-state index in [0.717, 1.165) is 11.6 Å². The molecule has 2 aromatic carbocycles. The van der Waals surface area contributed by atoms with Crippen molar-refractivity contribution in [3.05, 3.63) is 71.2 Å². The van der Waals surface area contributed by atoms with Crippen LogP contribution in [0.4, 0.5) is 27.6 Å². The first kappa shape index (κ1) is 15.1. The molecular weight excluding hydrogens is 315 g/mol. The van der Waals surface area contributed by atoms with Gasteiger partial charge in [-0.15, -0.1) is 0 Å². The van der Waals surface area contributed by atoms with Crippen LogP contribution < -0.4 is 0 Å². The standard InChI is InChI=1S/C16H7F5N2/c17-11-12(18)14(20)16(15(21)13(11)19)23-7-8-3-4-10-9(6-8)2-1-5-22-10/h1-7H. The van der Waals surface area contributed by atoms with Gasteiger partial charge >= 0.3 is 0 Å². The molecule has 0 bridgehead atoms. The number of hydrogen-bond acceptors (Lipinski definition) is 2. The molecule has 1 heterocycles. The zero-order chi connectivity index (χ0) is 16.6. The van der Waals surface area contributed by atoms with Gasteiger partial charge in [0.2, 0.25) is 5.82 Å². The van der Waals surface area contributed by atoms with Gasteiger partial charge in [-0.25, -0.2) is 26.9 Å². The molecule has 116 valence electrons. The Hall–Kier alpha value is -2.83. The number of benzene rings is 2. The third-order valence-corrected chi connectivity index (χ3v) is 3.16. The minimum atomic E-state index is -2.21. The number of aliphatic imine (C=N–C) groups is 1. The maximum atomic E-state index is 13.5. The Balaban J connectivity index is 2.05. The number of halogens is 5. The Morgan fingerprint density at radius 3 is 2.17 bits per heavy atom. The lowest BCUT2D eigenvalue weighted by Crippen LogP contribution is -2.00. The molecule has 0 spiro atoms. The number of rotatable bonds is 2. The number of nitrogens with zero attached hydrogens (tertiary/aromatic N) is 2. The Bertz CT molecular complexity index is 908. The van der Waals surface area contributed by atoms with Crippen LogP contribution >= 0.6 is 0 Å². The second-order valence-corrected chi connectivity index (χ2v) is 4.63. The molecule has 0 aliphatic carbocycles. The maximum absolute atomic E-state index is 13.5. The molecule has 3 rings (SSSR count). The highest BCUT2D eigenvalue weighted by molar-refractivity contribution is 5.89. The Morgan fingerprint density at radius 1 is 0.826 bits per heavy atom. The fourth-order valence-electron chi connectivity index (χ4n) is 2.02. The first-order chi connectivity index (χ1) is 11.0. The van der Waals surface area contributed by atoms with E-state index in [-0.39, 0.29) is 0 Å². The number of pyridine rings is 1. The first-order valence-electron chi connectivity index (χ1n) is 6.39. The topological polar surface area (TPSA) is 25.2 Å². The van der Waals surface area contributed by atoms with Gasteiger partial charge in [-0.3, -0.25) is 4.98 Å². The van der Waals surface area contributed by atoms with Crippen LogP contribution in [0.25, 0.3) is 10.9 Å². The molecule has 0 fully saturated rings. The third-order valence-electron chi connectivity index (χ3n) is 3.16. The van der Waals surface area contributed by atoms with Crippen molar-refractivity contribution in [3.8, 4) is 0 Å². The predicted molar refractivity (Wildman–Crippen MR) is 75.2 cm³/mol. The van der Waals surface area contributed by atoms with E-state index in [0.29, 0.717) is 11.1 Å². The summed E-state index contributed by atoms with van der Waals surface area (Å²) < 4.78 is 66.2. The summed E-state index contributed by atoms with van der Waals surface area (Å²) >= 11 is 0. The highest BCUT2D eigenvalue weighted by atomic mass is 19.2. The van der Waals surface area contributed by atoms with Gasteiger partial charge in [-0.1, -0.05) is 12.1 Å². The summed E-state index contributed by atoms with van der Waals surface area (Å²) in [7, 11) is 0. The minimum Gasteiger partial charge on any atom is -0.256 e. The van der Waals surface area contributed by atoms with Gasteiger partial charge in [0.15, 0.2) is 23.3 Å². The van der Waals surface area contributed by atoms with Crippen molar-refractivity contribution in [1.29, 1.82) is 0 Å². The molecule has 0 N–H and O–H groups in total. The molecule has 2 nitrogen and oxygen atoms in total. The van der Waals surface area contributed by atoms with Crippen molar-refractivity contribution >= 4 is 22.8 Å². The Morgan fingerprint density at radius 2 is 1.48 bits per heavy atom. The zero-order valence-electron chi connectivity index (χ0n) is 11.3. The molecule has 0 radical (unpaired) electrons. The van der Waals surface area contributed by atoms with Gasteiger partial charge < -0.3 is 0 Å². The van der Waals surface area contributed by atoms with E-state index in [1.165, 1.54) is 0 Å². The fraction of sp³-hybridized carbons (Fsp3) is 0. The molecule has 0 atom stereocenters. The lowest BCUT2D eigenvalue weighted by atomic mass is 10.1. The Labute approximate surface area is 126 Å². The summed E-state index contributed by atoms with van der Waals surface area (Å²) in [6, 6.07) is 8.30. The molecule has 3 aromatic rings. The SMILES string of the molecule is Fc1c(F)c(F)c(N=Cc2ccc3ncccc3c2)c(F)c1F. The van der Waals surface area contributed by atoms with Crippen LogP contribution in [-0.2, 0) is 0 Å². The normalized spacial score (nSPS) is 11.5. The van der Waals surface area contributed by atoms with Gasteiger partial charge in [0.05, 0.1) is 5.52 Å². The lowest BCUT2D eigenvalue weighted by Gasteiger charge is -2.04. The summed E-state index contributed by atoms with van der Waals surface area (Å²) in [5.74, 6) is -10.2. The van der Waals surface area contributed by atoms with Crippen molar-refractivity contribution in [2.45, 2.75) is 0 Å². The third kappa shape index (κ3) is 2.65. The highest BCUT2D eigenvalue weighted by Crippen LogP contribution is 2.29. The van der Waals surface area contributed by atoms with Crippen LogP contribution in [0.1, 0.15) is 5.56 Å². The smallest absolute Gasteiger partial charge is 0.200 e. The minimum absolute atomic E-state index is 0.425. The molecule has 0 aliphatic rings. The highest BCUT2D eigenvalue weighted by Gasteiger charge is 2.25. The lowest BCUT2D eigenvalue weighted by molar-refractivity contribution is 0.381. The number of fused-ring (bicyclic) bond motifs is 1. The molecule has 0 aliphatic heterocycles. The molecular formula is C16H7F5N2. The van der Waals surface area contributed by atoms with E-state index in [1.54, 1.807) is 36.5 Å². The van der Waals surface area contributed by atoms with Crippen LogP contribution in [0.2, 0.25) is 0 Å². The van der Waals surface area contributed by atoms with E-state index in [9.17, 15) is 22.0 Å². The van der Waals surface area contributed by atoms with Crippen molar-refractivity contribution < 1.29 is 22.0 Å². The molecule has 23 heavy (non-hydrogen) atoms. The second kappa shape index (κ2) is 5.75. The van der Waals surface area contributed by atoms with Gasteiger partial charge in [-0.2, -0.15) is 0 Å². The monoisotopic (exact) mass is 322 g/mol. The molecule has 0 saturated carbocycles. The van der Waals surface area contributed by atoms with Gasteiger partial charge in [0.1, 0.15) is 5.69 Å². The van der Waals surface area contributed by atoms with Gasteiger partial charge in [0.25, 0.3) is 0 Å². The van der Waals surface area contributed by atoms with Crippen LogP contribution in [0.5, 0.6) is 0 Å². The summed E-state index contributed by atoms with van der Waals surface area (Å²) in [5, 5.41) is 0.744. The maximum Gasteiger partial charge on any atom is 0.200 e. The number of aromatic nitrogens is 1. The van der Waals surface area contributed by atoms with Gasteiger partial charge in [0, 0.05) is 17.8 Å². The second-order valence-electron chi connectivity index (χ2n) is 4.63. The zero-order valence-corrected chi connectivity index (χ0v) is 11.3. The van der Waals surface area contributed by atoms with E-state index in [2.05, 4.69) is 9.98 Å². The van der Waals surface area contributed by atoms with Crippen LogP contribution in [0.3, 0.4) is 0 Å². The summed E-state index contributed by atoms with van der Waals surface area (Å²) in [6.07, 6.45) is 2.62. The first-order valence-corrected chi connectivity index (χ1v) is 6.39. The fourth-order valence-corrected chi connectivity index (χ4v) is 2.02. The van der Waals surface area contributed by atoms with Gasteiger partial charge in [-0.05, 0) is 23.8 Å². The largest absolute Gasteiger partial charge is 0.256 e. The van der Waals surface area contributed by atoms with E-state index >= 15 is 0 Å². The van der Waals surface area contributed by atoms with E-state index in [4.69, 9.17) is 0 Å². The average molecular weight is 322 g/mol. The quantitative estimate of drug-likeness (QED) is 0.291. The molecule has 0 amide bonds. The van der Waals surface area contributed by atoms with Crippen molar-refractivity contribution in [2.24, 2.45) is 4.99 Å². The Kier molecular flexibility index (Phi) is 3.77. The molecule has 0 saturated heterocycles. The molecule has 1 aromatic heterocycles. The van der Waals surface area contributed by atoms with Crippen LogP contribution in [0.15, 0.2) is 41.5 Å².